The highest BCUT2D eigenvalue weighted by Gasteiger charge is 2.13. The second kappa shape index (κ2) is 11.5. The molecule has 35 heavy (non-hydrogen) atoms. The third kappa shape index (κ3) is 6.36. The van der Waals surface area contributed by atoms with E-state index in [4.69, 9.17) is 4.74 Å². The van der Waals surface area contributed by atoms with Gasteiger partial charge in [0.25, 0.3) is 5.56 Å². The summed E-state index contributed by atoms with van der Waals surface area (Å²) in [5, 5.41) is 22.1. The van der Waals surface area contributed by atoms with Crippen LogP contribution in [0.1, 0.15) is 28.1 Å². The molecule has 10 heteroatoms. The number of aromatic hydroxyl groups is 1. The van der Waals surface area contributed by atoms with Crippen LogP contribution in [-0.2, 0) is 24.3 Å². The molecule has 4 N–H and O–H groups in total. The molecule has 0 saturated carbocycles. The van der Waals surface area contributed by atoms with Gasteiger partial charge in [0.15, 0.2) is 0 Å². The van der Waals surface area contributed by atoms with Crippen molar-refractivity contribution in [3.63, 3.8) is 0 Å². The van der Waals surface area contributed by atoms with Crippen molar-refractivity contribution in [1.82, 2.24) is 24.8 Å². The second-order valence-corrected chi connectivity index (χ2v) is 8.09. The van der Waals surface area contributed by atoms with E-state index < -0.39 is 17.3 Å². The number of aromatic amines is 1. The monoisotopic (exact) mass is 477 g/mol. The number of H-pyrrole nitrogens is 1. The van der Waals surface area contributed by atoms with Crippen LogP contribution in [0.2, 0.25) is 0 Å². The highest BCUT2D eigenvalue weighted by atomic mass is 16.5. The maximum absolute atomic E-state index is 12.6. The number of carbonyl (C=O) groups excluding carboxylic acids is 1. The van der Waals surface area contributed by atoms with E-state index in [1.165, 1.54) is 16.5 Å². The number of hydrogen-bond donors (Lipinski definition) is 4. The van der Waals surface area contributed by atoms with Gasteiger partial charge in [0.2, 0.25) is 5.75 Å². The van der Waals surface area contributed by atoms with Crippen molar-refractivity contribution in [2.45, 2.75) is 19.6 Å². The number of aliphatic hydroxyl groups is 1. The molecule has 4 rings (SSSR count). The average molecular weight is 478 g/mol. The smallest absolute Gasteiger partial charge is 0.325 e. The first-order valence-electron chi connectivity index (χ1n) is 11.3. The number of aromatic nitrogens is 3. The number of nitrogens with zero attached hydrogens (tertiary/aromatic N) is 3. The molecule has 0 bridgehead atoms. The van der Waals surface area contributed by atoms with Gasteiger partial charge in [-0.25, -0.2) is 9.78 Å². The lowest BCUT2D eigenvalue weighted by Crippen LogP contribution is -2.35. The molecule has 0 radical (unpaired) electrons. The Morgan fingerprint density at radius 3 is 2.66 bits per heavy atom. The number of carbonyl (C=O) groups is 1. The van der Waals surface area contributed by atoms with Crippen LogP contribution in [-0.4, -0.2) is 68.5 Å². The minimum atomic E-state index is -0.635. The summed E-state index contributed by atoms with van der Waals surface area (Å²) < 4.78 is 6.68. The lowest BCUT2D eigenvalue weighted by Gasteiger charge is -2.26. The van der Waals surface area contributed by atoms with Crippen LogP contribution in [0.3, 0.4) is 0 Å². The first-order valence-corrected chi connectivity index (χ1v) is 11.3. The molecule has 0 spiro atoms. The van der Waals surface area contributed by atoms with Crippen LogP contribution in [0, 0.1) is 11.8 Å². The Morgan fingerprint density at radius 2 is 1.91 bits per heavy atom. The van der Waals surface area contributed by atoms with Gasteiger partial charge in [-0.3, -0.25) is 14.3 Å². The summed E-state index contributed by atoms with van der Waals surface area (Å²) in [6, 6.07) is 9.26. The largest absolute Gasteiger partial charge is 0.502 e. The predicted molar refractivity (Wildman–Crippen MR) is 128 cm³/mol. The van der Waals surface area contributed by atoms with E-state index in [1.807, 2.05) is 12.1 Å². The summed E-state index contributed by atoms with van der Waals surface area (Å²) in [4.78, 5) is 32.5. The minimum Gasteiger partial charge on any atom is -0.502 e. The third-order valence-corrected chi connectivity index (χ3v) is 5.64. The van der Waals surface area contributed by atoms with Gasteiger partial charge < -0.3 is 25.3 Å². The summed E-state index contributed by atoms with van der Waals surface area (Å²) in [7, 11) is 0. The van der Waals surface area contributed by atoms with Crippen LogP contribution in [0.25, 0.3) is 0 Å². The van der Waals surface area contributed by atoms with Crippen molar-refractivity contribution in [2.75, 3.05) is 32.8 Å². The van der Waals surface area contributed by atoms with Gasteiger partial charge >= 0.3 is 6.03 Å². The van der Waals surface area contributed by atoms with Crippen LogP contribution >= 0.6 is 0 Å². The minimum absolute atomic E-state index is 0.143. The Morgan fingerprint density at radius 1 is 1.17 bits per heavy atom. The Bertz CT molecular complexity index is 1280. The van der Waals surface area contributed by atoms with E-state index in [0.29, 0.717) is 11.3 Å². The van der Waals surface area contributed by atoms with Gasteiger partial charge in [-0.05, 0) is 23.8 Å². The van der Waals surface area contributed by atoms with E-state index >= 15 is 0 Å². The Balaban J connectivity index is 1.36. The van der Waals surface area contributed by atoms with Crippen molar-refractivity contribution in [2.24, 2.45) is 0 Å². The fraction of sp³-hybridized carbons (Fsp3) is 0.320. The van der Waals surface area contributed by atoms with Gasteiger partial charge in [0.05, 0.1) is 37.5 Å². The zero-order valence-electron chi connectivity index (χ0n) is 19.2. The summed E-state index contributed by atoms with van der Waals surface area (Å²) in [5.41, 5.74) is 2.60. The van der Waals surface area contributed by atoms with Crippen molar-refractivity contribution in [3.8, 4) is 17.6 Å². The fourth-order valence-corrected chi connectivity index (χ4v) is 3.73. The zero-order valence-corrected chi connectivity index (χ0v) is 19.2. The molecule has 10 nitrogen and oxygen atoms in total. The first-order chi connectivity index (χ1) is 17.0. The molecule has 1 aliphatic heterocycles. The fourth-order valence-electron chi connectivity index (χ4n) is 3.73. The SMILES string of the molecule is O=C(NCCc1nc[nH]c(=O)c1O)n1cc(C#Cc2ccc(CN3CCOCC3)cc2)cc1CO. The Labute approximate surface area is 202 Å². The molecule has 1 aliphatic rings. The maximum atomic E-state index is 12.6. The first kappa shape index (κ1) is 24.2. The number of benzene rings is 1. The summed E-state index contributed by atoms with van der Waals surface area (Å²) in [6.07, 6.45) is 2.92. The molecule has 2 aromatic heterocycles. The molecule has 1 aromatic carbocycles. The summed E-state index contributed by atoms with van der Waals surface area (Å²) >= 11 is 0. The van der Waals surface area contributed by atoms with Crippen molar-refractivity contribution >= 4 is 6.03 Å². The van der Waals surface area contributed by atoms with Crippen molar-refractivity contribution < 1.29 is 19.7 Å². The average Bonchev–Trinajstić information content (AvgIpc) is 3.30. The predicted octanol–water partition coefficient (Wildman–Crippen LogP) is 0.802. The Kier molecular flexibility index (Phi) is 7.95. The number of amides is 1. The standard InChI is InChI=1S/C25H27N5O5/c31-16-21-13-20(6-3-18-1-4-19(5-2-18)14-29-9-11-35-12-10-29)15-30(21)25(34)26-8-7-22-23(32)24(33)28-17-27-22/h1-2,4-5,13,15,17,31-32H,7-12,14,16H2,(H,26,34)(H,27,28,33). The molecule has 0 unspecified atom stereocenters. The van der Waals surface area contributed by atoms with Gasteiger partial charge in [-0.1, -0.05) is 24.0 Å². The summed E-state index contributed by atoms with van der Waals surface area (Å²) in [5.74, 6) is 5.66. The molecule has 0 aliphatic carbocycles. The normalized spacial score (nSPS) is 13.7. The maximum Gasteiger partial charge on any atom is 0.325 e. The van der Waals surface area contributed by atoms with E-state index in [9.17, 15) is 19.8 Å². The topological polar surface area (TPSA) is 133 Å². The lowest BCUT2D eigenvalue weighted by molar-refractivity contribution is 0.0342. The number of rotatable bonds is 6. The van der Waals surface area contributed by atoms with Crippen LogP contribution < -0.4 is 10.9 Å². The van der Waals surface area contributed by atoms with Crippen molar-refractivity contribution in [3.05, 3.63) is 81.3 Å². The molecule has 1 amide bonds. The quantitative estimate of drug-likeness (QED) is 0.386. The highest BCUT2D eigenvalue weighted by molar-refractivity contribution is 5.78. The molecular formula is C25H27N5O5. The number of hydrogen-bond acceptors (Lipinski definition) is 7. The molecular weight excluding hydrogens is 450 g/mol. The molecule has 1 fully saturated rings. The third-order valence-electron chi connectivity index (χ3n) is 5.64. The van der Waals surface area contributed by atoms with E-state index in [0.717, 1.165) is 38.4 Å². The highest BCUT2D eigenvalue weighted by Crippen LogP contribution is 2.11. The van der Waals surface area contributed by atoms with Crippen LogP contribution in [0.4, 0.5) is 4.79 Å². The number of morpholine rings is 1. The number of aliphatic hydroxyl groups excluding tert-OH is 1. The van der Waals surface area contributed by atoms with Gasteiger partial charge in [-0.15, -0.1) is 0 Å². The van der Waals surface area contributed by atoms with Gasteiger partial charge in [0, 0.05) is 49.9 Å². The number of ether oxygens (including phenoxy) is 1. The van der Waals surface area contributed by atoms with E-state index in [-0.39, 0.29) is 25.3 Å². The van der Waals surface area contributed by atoms with E-state index in [1.54, 1.807) is 12.3 Å². The molecule has 0 atom stereocenters. The van der Waals surface area contributed by atoms with Gasteiger partial charge in [0.1, 0.15) is 0 Å². The Hall–Kier alpha value is -3.91. The van der Waals surface area contributed by atoms with Crippen LogP contribution in [0.5, 0.6) is 5.75 Å². The molecule has 1 saturated heterocycles. The lowest BCUT2D eigenvalue weighted by atomic mass is 10.1. The van der Waals surface area contributed by atoms with Crippen molar-refractivity contribution in [1.29, 1.82) is 0 Å². The molecule has 182 valence electrons. The van der Waals surface area contributed by atoms with Gasteiger partial charge in [-0.2, -0.15) is 0 Å². The second-order valence-electron chi connectivity index (χ2n) is 8.09. The molecule has 3 aromatic rings. The number of nitrogens with one attached hydrogen (secondary N) is 2. The van der Waals surface area contributed by atoms with Crippen LogP contribution in [0.15, 0.2) is 47.7 Å². The summed E-state index contributed by atoms with van der Waals surface area (Å²) in [6.45, 7) is 4.10. The molecule has 3 heterocycles. The zero-order chi connectivity index (χ0) is 24.6. The van der Waals surface area contributed by atoms with E-state index in [2.05, 4.69) is 44.2 Å².